The fourth-order valence-electron chi connectivity index (χ4n) is 1.08. The molecule has 0 radical (unpaired) electrons. The van der Waals surface area contributed by atoms with E-state index in [1.807, 2.05) is 0 Å². The van der Waals surface area contributed by atoms with E-state index in [9.17, 15) is 20.2 Å². The largest absolute Gasteiger partial charge is 0.293 e. The Morgan fingerprint density at radius 2 is 1.79 bits per heavy atom. The highest BCUT2D eigenvalue weighted by atomic mass is 79.9. The molecule has 0 atom stereocenters. The van der Waals surface area contributed by atoms with Crippen molar-refractivity contribution in [2.24, 2.45) is 0 Å². The Balaban J connectivity index is 3.49. The van der Waals surface area contributed by atoms with Crippen LogP contribution >= 0.6 is 15.9 Å². The van der Waals surface area contributed by atoms with Gasteiger partial charge in [-0.2, -0.15) is 0 Å². The molecule has 14 heavy (non-hydrogen) atoms. The van der Waals surface area contributed by atoms with Gasteiger partial charge in [0, 0.05) is 6.07 Å². The SMILES string of the molecule is Cc1c([N+](=O)[O-])ccc(Br)c1[N+](=O)[O-]. The number of benzene rings is 1. The van der Waals surface area contributed by atoms with E-state index in [1.165, 1.54) is 19.1 Å². The predicted octanol–water partition coefficient (Wildman–Crippen LogP) is 2.57. The van der Waals surface area contributed by atoms with Gasteiger partial charge in [-0.1, -0.05) is 0 Å². The number of halogens is 1. The highest BCUT2D eigenvalue weighted by Crippen LogP contribution is 2.34. The lowest BCUT2D eigenvalue weighted by Crippen LogP contribution is -1.98. The van der Waals surface area contributed by atoms with Crippen molar-refractivity contribution in [3.05, 3.63) is 42.4 Å². The molecule has 1 aromatic carbocycles. The van der Waals surface area contributed by atoms with Crippen LogP contribution in [0.1, 0.15) is 5.56 Å². The first-order valence-corrected chi connectivity index (χ1v) is 4.32. The number of nitrogens with zero attached hydrogens (tertiary/aromatic N) is 2. The van der Waals surface area contributed by atoms with Crippen molar-refractivity contribution in [3.63, 3.8) is 0 Å². The first-order valence-electron chi connectivity index (χ1n) is 3.53. The number of nitro groups is 2. The van der Waals surface area contributed by atoms with Crippen LogP contribution in [0.4, 0.5) is 11.4 Å². The Morgan fingerprint density at radius 3 is 2.21 bits per heavy atom. The number of hydrogen-bond donors (Lipinski definition) is 0. The molecule has 0 bridgehead atoms. The smallest absolute Gasteiger partial charge is 0.258 e. The molecule has 0 N–H and O–H groups in total. The van der Waals surface area contributed by atoms with Crippen LogP contribution in [0.15, 0.2) is 16.6 Å². The summed E-state index contributed by atoms with van der Waals surface area (Å²) < 4.78 is 0.241. The summed E-state index contributed by atoms with van der Waals surface area (Å²) in [6.45, 7) is 1.35. The Hall–Kier alpha value is -1.50. The van der Waals surface area contributed by atoms with Crippen molar-refractivity contribution in [1.29, 1.82) is 0 Å². The third-order valence-electron chi connectivity index (χ3n) is 1.73. The van der Waals surface area contributed by atoms with Crippen LogP contribution in [0.5, 0.6) is 0 Å². The second kappa shape index (κ2) is 3.70. The third-order valence-corrected chi connectivity index (χ3v) is 2.37. The topological polar surface area (TPSA) is 86.3 Å². The van der Waals surface area contributed by atoms with E-state index in [4.69, 9.17) is 0 Å². The molecule has 0 aliphatic heterocycles. The standard InChI is InChI=1S/C7H5BrN2O4/c1-4-6(9(11)12)3-2-5(8)7(4)10(13)14/h2-3H,1H3. The summed E-state index contributed by atoms with van der Waals surface area (Å²) >= 11 is 2.97. The van der Waals surface area contributed by atoms with E-state index >= 15 is 0 Å². The van der Waals surface area contributed by atoms with Crippen molar-refractivity contribution in [3.8, 4) is 0 Å². The van der Waals surface area contributed by atoms with E-state index in [-0.39, 0.29) is 21.4 Å². The Kier molecular flexibility index (Phi) is 2.80. The van der Waals surface area contributed by atoms with Gasteiger partial charge in [0.05, 0.1) is 14.3 Å². The predicted molar refractivity (Wildman–Crippen MR) is 52.2 cm³/mol. The Labute approximate surface area is 87.0 Å². The van der Waals surface area contributed by atoms with Crippen molar-refractivity contribution < 1.29 is 9.85 Å². The minimum Gasteiger partial charge on any atom is -0.258 e. The van der Waals surface area contributed by atoms with Crippen LogP contribution in [-0.4, -0.2) is 9.85 Å². The van der Waals surface area contributed by atoms with Gasteiger partial charge in [-0.05, 0) is 28.9 Å². The second-order valence-corrected chi connectivity index (χ2v) is 3.41. The maximum absolute atomic E-state index is 10.6. The van der Waals surface area contributed by atoms with Crippen LogP contribution in [0.25, 0.3) is 0 Å². The molecule has 0 aliphatic carbocycles. The first-order chi connectivity index (χ1) is 6.45. The van der Waals surface area contributed by atoms with Crippen molar-refractivity contribution in [1.82, 2.24) is 0 Å². The van der Waals surface area contributed by atoms with Crippen LogP contribution in [0, 0.1) is 27.2 Å². The molecule has 0 unspecified atom stereocenters. The first kappa shape index (κ1) is 10.6. The van der Waals surface area contributed by atoms with E-state index in [2.05, 4.69) is 15.9 Å². The Bertz CT molecular complexity index is 418. The lowest BCUT2D eigenvalue weighted by atomic mass is 10.1. The fraction of sp³-hybridized carbons (Fsp3) is 0.143. The van der Waals surface area contributed by atoms with E-state index in [0.717, 1.165) is 0 Å². The van der Waals surface area contributed by atoms with Gasteiger partial charge in [0.1, 0.15) is 5.56 Å². The molecule has 1 aromatic rings. The van der Waals surface area contributed by atoms with Crippen molar-refractivity contribution >= 4 is 27.3 Å². The van der Waals surface area contributed by atoms with Crippen LogP contribution < -0.4 is 0 Å². The molecule has 0 saturated carbocycles. The second-order valence-electron chi connectivity index (χ2n) is 2.55. The maximum atomic E-state index is 10.6. The molecular weight excluding hydrogens is 256 g/mol. The quantitative estimate of drug-likeness (QED) is 0.604. The fourth-order valence-corrected chi connectivity index (χ4v) is 1.65. The van der Waals surface area contributed by atoms with Gasteiger partial charge < -0.3 is 0 Å². The van der Waals surface area contributed by atoms with E-state index in [1.54, 1.807) is 0 Å². The summed E-state index contributed by atoms with van der Waals surface area (Å²) in [5, 5.41) is 21.0. The number of hydrogen-bond acceptors (Lipinski definition) is 4. The zero-order chi connectivity index (χ0) is 10.9. The molecule has 0 spiro atoms. The molecule has 1 rings (SSSR count). The van der Waals surface area contributed by atoms with Gasteiger partial charge in [0.2, 0.25) is 0 Å². The van der Waals surface area contributed by atoms with Crippen LogP contribution in [0.3, 0.4) is 0 Å². The normalized spacial score (nSPS) is 9.86. The summed E-state index contributed by atoms with van der Waals surface area (Å²) in [6.07, 6.45) is 0. The lowest BCUT2D eigenvalue weighted by Gasteiger charge is -2.00. The summed E-state index contributed by atoms with van der Waals surface area (Å²) in [5.41, 5.74) is -0.464. The average Bonchev–Trinajstić information content (AvgIpc) is 2.02. The third kappa shape index (κ3) is 1.72. The molecule has 0 heterocycles. The summed E-state index contributed by atoms with van der Waals surface area (Å²) in [7, 11) is 0. The molecular formula is C7H5BrN2O4. The molecule has 74 valence electrons. The lowest BCUT2D eigenvalue weighted by molar-refractivity contribution is -0.395. The highest BCUT2D eigenvalue weighted by molar-refractivity contribution is 9.10. The molecule has 0 aliphatic rings. The molecule has 0 amide bonds. The minimum absolute atomic E-state index is 0.0503. The van der Waals surface area contributed by atoms with Crippen LogP contribution in [-0.2, 0) is 0 Å². The van der Waals surface area contributed by atoms with Gasteiger partial charge in [0.25, 0.3) is 11.4 Å². The van der Waals surface area contributed by atoms with Gasteiger partial charge in [-0.15, -0.1) is 0 Å². The molecule has 0 aromatic heterocycles. The average molecular weight is 261 g/mol. The summed E-state index contributed by atoms with van der Waals surface area (Å²) in [4.78, 5) is 19.8. The molecule has 0 fully saturated rings. The van der Waals surface area contributed by atoms with Crippen molar-refractivity contribution in [2.75, 3.05) is 0 Å². The number of rotatable bonds is 2. The van der Waals surface area contributed by atoms with E-state index < -0.39 is 9.85 Å². The van der Waals surface area contributed by atoms with Crippen LogP contribution in [0.2, 0.25) is 0 Å². The summed E-state index contributed by atoms with van der Waals surface area (Å²) in [6, 6.07) is 2.52. The zero-order valence-corrected chi connectivity index (χ0v) is 8.65. The Morgan fingerprint density at radius 1 is 1.21 bits per heavy atom. The van der Waals surface area contributed by atoms with E-state index in [0.29, 0.717) is 0 Å². The molecule has 6 nitrogen and oxygen atoms in total. The van der Waals surface area contributed by atoms with Crippen molar-refractivity contribution in [2.45, 2.75) is 6.92 Å². The maximum Gasteiger partial charge on any atom is 0.293 e. The van der Waals surface area contributed by atoms with Gasteiger partial charge in [-0.3, -0.25) is 20.2 Å². The minimum atomic E-state index is -0.646. The highest BCUT2D eigenvalue weighted by Gasteiger charge is 2.24. The summed E-state index contributed by atoms with van der Waals surface area (Å²) in [5.74, 6) is 0. The monoisotopic (exact) mass is 260 g/mol. The van der Waals surface area contributed by atoms with Gasteiger partial charge in [0.15, 0.2) is 0 Å². The molecule has 0 saturated heterocycles. The number of nitro benzene ring substituents is 2. The zero-order valence-electron chi connectivity index (χ0n) is 7.06. The van der Waals surface area contributed by atoms with Gasteiger partial charge in [-0.25, -0.2) is 0 Å². The molecule has 7 heteroatoms. The van der Waals surface area contributed by atoms with Gasteiger partial charge >= 0.3 is 0 Å².